The summed E-state index contributed by atoms with van der Waals surface area (Å²) >= 11 is 11.2. The van der Waals surface area contributed by atoms with Gasteiger partial charge in [-0.2, -0.15) is 0 Å². The molecule has 88 valence electrons. The molecular weight excluding hydrogens is 256 g/mol. The number of nitrogens with zero attached hydrogens (tertiary/aromatic N) is 1. The van der Waals surface area contributed by atoms with Gasteiger partial charge in [-0.1, -0.05) is 11.6 Å². The van der Waals surface area contributed by atoms with Crippen LogP contribution in [0.2, 0.25) is 5.02 Å². The quantitative estimate of drug-likeness (QED) is 0.803. The van der Waals surface area contributed by atoms with Crippen LogP contribution < -0.4 is 5.56 Å². The summed E-state index contributed by atoms with van der Waals surface area (Å²) in [5.41, 5.74) is 0.718. The molecule has 1 aromatic carbocycles. The Kier molecular flexibility index (Phi) is 2.56. The van der Waals surface area contributed by atoms with E-state index in [1.54, 1.807) is 22.8 Å². The summed E-state index contributed by atoms with van der Waals surface area (Å²) < 4.78 is 2.20. The molecule has 1 saturated carbocycles. The van der Waals surface area contributed by atoms with Gasteiger partial charge in [0.2, 0.25) is 0 Å². The first kappa shape index (κ1) is 11.0. The lowest BCUT2D eigenvalue weighted by atomic mass is 9.93. The molecule has 1 heterocycles. The number of hydrogen-bond acceptors (Lipinski definition) is 2. The number of aromatic nitrogens is 2. The third-order valence-electron chi connectivity index (χ3n) is 3.33. The van der Waals surface area contributed by atoms with Crippen LogP contribution in [-0.2, 0) is 0 Å². The van der Waals surface area contributed by atoms with Gasteiger partial charge in [0.05, 0.1) is 10.9 Å². The normalized spacial score (nSPS) is 16.1. The van der Waals surface area contributed by atoms with Crippen LogP contribution in [0.3, 0.4) is 0 Å². The van der Waals surface area contributed by atoms with Gasteiger partial charge < -0.3 is 4.98 Å². The highest BCUT2D eigenvalue weighted by molar-refractivity contribution is 7.71. The van der Waals surface area contributed by atoms with Crippen LogP contribution in [0, 0.1) is 4.77 Å². The molecular formula is C12H11ClN2OS. The molecule has 0 amide bonds. The number of halogens is 1. The largest absolute Gasteiger partial charge is 0.332 e. The Balaban J connectivity index is 2.36. The number of rotatable bonds is 1. The van der Waals surface area contributed by atoms with E-state index in [0.29, 0.717) is 15.2 Å². The van der Waals surface area contributed by atoms with E-state index in [2.05, 4.69) is 4.98 Å². The van der Waals surface area contributed by atoms with E-state index < -0.39 is 0 Å². The third-order valence-corrected chi connectivity index (χ3v) is 3.86. The summed E-state index contributed by atoms with van der Waals surface area (Å²) in [6.45, 7) is 0. The van der Waals surface area contributed by atoms with Gasteiger partial charge in [-0.05, 0) is 49.7 Å². The zero-order valence-electron chi connectivity index (χ0n) is 9.07. The molecule has 3 rings (SSSR count). The predicted octanol–water partition coefficient (Wildman–Crippen LogP) is 3.44. The monoisotopic (exact) mass is 266 g/mol. The summed E-state index contributed by atoms with van der Waals surface area (Å²) in [7, 11) is 0. The minimum atomic E-state index is -0.0315. The van der Waals surface area contributed by atoms with Crippen molar-refractivity contribution in [2.75, 3.05) is 0 Å². The number of H-pyrrole nitrogens is 1. The summed E-state index contributed by atoms with van der Waals surface area (Å²) in [6, 6.07) is 5.50. The molecule has 1 fully saturated rings. The molecule has 1 aliphatic carbocycles. The summed E-state index contributed by atoms with van der Waals surface area (Å²) in [6.07, 6.45) is 3.23. The second kappa shape index (κ2) is 3.96. The Hall–Kier alpha value is -1.13. The molecule has 0 unspecified atom stereocenters. The zero-order chi connectivity index (χ0) is 12.0. The molecule has 1 aromatic heterocycles. The van der Waals surface area contributed by atoms with Crippen LogP contribution in [0.15, 0.2) is 23.0 Å². The molecule has 1 N–H and O–H groups in total. The van der Waals surface area contributed by atoms with Gasteiger partial charge in [0.15, 0.2) is 4.77 Å². The van der Waals surface area contributed by atoms with Crippen molar-refractivity contribution in [3.8, 4) is 0 Å². The minimum Gasteiger partial charge on any atom is -0.332 e. The molecule has 17 heavy (non-hydrogen) atoms. The van der Waals surface area contributed by atoms with Crippen molar-refractivity contribution in [1.82, 2.24) is 9.55 Å². The highest BCUT2D eigenvalue weighted by Gasteiger charge is 2.22. The molecule has 0 aliphatic heterocycles. The van der Waals surface area contributed by atoms with Gasteiger partial charge in [-0.15, -0.1) is 0 Å². The second-order valence-corrected chi connectivity index (χ2v) is 5.20. The fourth-order valence-electron chi connectivity index (χ4n) is 2.18. The van der Waals surface area contributed by atoms with E-state index in [1.807, 2.05) is 0 Å². The highest BCUT2D eigenvalue weighted by atomic mass is 35.5. The average Bonchev–Trinajstić information content (AvgIpc) is 2.23. The van der Waals surface area contributed by atoms with E-state index >= 15 is 0 Å². The van der Waals surface area contributed by atoms with E-state index in [0.717, 1.165) is 18.4 Å². The lowest BCUT2D eigenvalue weighted by molar-refractivity contribution is 0.302. The van der Waals surface area contributed by atoms with E-state index in [9.17, 15) is 4.79 Å². The Morgan fingerprint density at radius 2 is 2.18 bits per heavy atom. The summed E-state index contributed by atoms with van der Waals surface area (Å²) in [5.74, 6) is 0. The van der Waals surface area contributed by atoms with Crippen molar-refractivity contribution < 1.29 is 0 Å². The number of fused-ring (bicyclic) bond motifs is 1. The molecule has 0 radical (unpaired) electrons. The third kappa shape index (κ3) is 1.72. The van der Waals surface area contributed by atoms with Gasteiger partial charge >= 0.3 is 0 Å². The zero-order valence-corrected chi connectivity index (χ0v) is 10.6. The maximum atomic E-state index is 12.4. The van der Waals surface area contributed by atoms with Crippen molar-refractivity contribution in [1.29, 1.82) is 0 Å². The van der Waals surface area contributed by atoms with Crippen LogP contribution in [0.5, 0.6) is 0 Å². The maximum absolute atomic E-state index is 12.4. The molecule has 3 nitrogen and oxygen atoms in total. The minimum absolute atomic E-state index is 0.0315. The maximum Gasteiger partial charge on any atom is 0.262 e. The van der Waals surface area contributed by atoms with Crippen molar-refractivity contribution in [2.45, 2.75) is 25.3 Å². The topological polar surface area (TPSA) is 37.8 Å². The van der Waals surface area contributed by atoms with E-state index in [-0.39, 0.29) is 11.6 Å². The van der Waals surface area contributed by atoms with Gasteiger partial charge in [0.25, 0.3) is 5.56 Å². The first-order valence-electron chi connectivity index (χ1n) is 5.61. The van der Waals surface area contributed by atoms with Crippen LogP contribution in [-0.4, -0.2) is 9.55 Å². The van der Waals surface area contributed by atoms with Gasteiger partial charge in [-0.3, -0.25) is 9.36 Å². The van der Waals surface area contributed by atoms with Crippen LogP contribution in [0.1, 0.15) is 25.3 Å². The number of aromatic amines is 1. The van der Waals surface area contributed by atoms with Crippen molar-refractivity contribution in [3.63, 3.8) is 0 Å². The molecule has 0 saturated heterocycles. The van der Waals surface area contributed by atoms with Crippen molar-refractivity contribution in [2.24, 2.45) is 0 Å². The van der Waals surface area contributed by atoms with E-state index in [4.69, 9.17) is 23.8 Å². The number of hydrogen-bond donors (Lipinski definition) is 1. The lowest BCUT2D eigenvalue weighted by Crippen LogP contribution is -2.30. The van der Waals surface area contributed by atoms with Crippen LogP contribution in [0.25, 0.3) is 10.9 Å². The van der Waals surface area contributed by atoms with Crippen LogP contribution >= 0.6 is 23.8 Å². The smallest absolute Gasteiger partial charge is 0.262 e. The van der Waals surface area contributed by atoms with E-state index in [1.165, 1.54) is 6.42 Å². The Bertz CT molecular complexity index is 700. The second-order valence-electron chi connectivity index (χ2n) is 4.38. The van der Waals surface area contributed by atoms with Crippen LogP contribution in [0.4, 0.5) is 0 Å². The Labute approximate surface area is 108 Å². The predicted molar refractivity (Wildman–Crippen MR) is 71.3 cm³/mol. The van der Waals surface area contributed by atoms with Gasteiger partial charge in [0.1, 0.15) is 0 Å². The molecule has 0 bridgehead atoms. The first-order valence-corrected chi connectivity index (χ1v) is 6.39. The standard InChI is InChI=1S/C12H11ClN2OS/c13-7-4-5-10-9(6-7)11(16)15(12(17)14-10)8-2-1-3-8/h4-6,8H,1-3H2,(H,14,17). The fourth-order valence-corrected chi connectivity index (χ4v) is 2.69. The molecule has 2 aromatic rings. The SMILES string of the molecule is O=c1c2cc(Cl)ccc2[nH]c(=S)n1C1CCC1. The Morgan fingerprint density at radius 3 is 2.82 bits per heavy atom. The molecule has 1 aliphatic rings. The van der Waals surface area contributed by atoms with Crippen molar-refractivity contribution in [3.05, 3.63) is 38.3 Å². The molecule has 0 atom stereocenters. The summed E-state index contributed by atoms with van der Waals surface area (Å²) in [4.78, 5) is 15.4. The highest BCUT2D eigenvalue weighted by Crippen LogP contribution is 2.30. The van der Waals surface area contributed by atoms with Gasteiger partial charge in [-0.25, -0.2) is 0 Å². The Morgan fingerprint density at radius 1 is 1.41 bits per heavy atom. The summed E-state index contributed by atoms with van der Waals surface area (Å²) in [5, 5.41) is 1.18. The van der Waals surface area contributed by atoms with Gasteiger partial charge in [0, 0.05) is 11.1 Å². The fraction of sp³-hybridized carbons (Fsp3) is 0.333. The van der Waals surface area contributed by atoms with Crippen molar-refractivity contribution >= 4 is 34.7 Å². The molecule has 0 spiro atoms. The first-order chi connectivity index (χ1) is 8.16. The number of nitrogens with one attached hydrogen (secondary N) is 1. The average molecular weight is 267 g/mol. The molecule has 5 heteroatoms. The lowest BCUT2D eigenvalue weighted by Gasteiger charge is -2.27. The number of benzene rings is 1.